The smallest absolute Gasteiger partial charge is 0.225 e. The van der Waals surface area contributed by atoms with Gasteiger partial charge in [0.25, 0.3) is 0 Å². The highest BCUT2D eigenvalue weighted by molar-refractivity contribution is 5.35. The Morgan fingerprint density at radius 3 is 2.63 bits per heavy atom. The summed E-state index contributed by atoms with van der Waals surface area (Å²) in [6, 6.07) is 1.84. The second kappa shape index (κ2) is 4.64. The van der Waals surface area contributed by atoms with E-state index in [2.05, 4.69) is 40.3 Å². The number of hydrogen-bond donors (Lipinski definition) is 0. The molecule has 0 saturated heterocycles. The van der Waals surface area contributed by atoms with E-state index in [0.717, 1.165) is 25.5 Å². The van der Waals surface area contributed by atoms with Gasteiger partial charge in [-0.15, -0.1) is 0 Å². The zero-order valence-electron chi connectivity index (χ0n) is 11.7. The monoisotopic (exact) mass is 257 g/mol. The first-order valence-corrected chi connectivity index (χ1v) is 6.73. The molecule has 0 N–H and O–H groups in total. The summed E-state index contributed by atoms with van der Waals surface area (Å²) in [4.78, 5) is 15.6. The molecule has 1 aliphatic rings. The first-order valence-electron chi connectivity index (χ1n) is 6.73. The highest BCUT2D eigenvalue weighted by Gasteiger charge is 2.24. The molecule has 100 valence electrons. The Morgan fingerprint density at radius 2 is 1.95 bits per heavy atom. The summed E-state index contributed by atoms with van der Waals surface area (Å²) < 4.78 is 2.25. The van der Waals surface area contributed by atoms with Gasteiger partial charge in [-0.2, -0.15) is 0 Å². The van der Waals surface area contributed by atoms with E-state index in [0.29, 0.717) is 5.92 Å². The summed E-state index contributed by atoms with van der Waals surface area (Å²) in [6.07, 6.45) is 4.58. The molecular weight excluding hydrogens is 238 g/mol. The van der Waals surface area contributed by atoms with Crippen LogP contribution >= 0.6 is 0 Å². The third kappa shape index (κ3) is 2.09. The Kier molecular flexibility index (Phi) is 2.97. The van der Waals surface area contributed by atoms with Gasteiger partial charge in [-0.25, -0.2) is 15.0 Å². The predicted molar refractivity (Wildman–Crippen MR) is 74.1 cm³/mol. The molecule has 0 unspecified atom stereocenters. The molecule has 0 radical (unpaired) electrons. The number of rotatable bonds is 2. The molecule has 1 aliphatic heterocycles. The lowest BCUT2D eigenvalue weighted by Crippen LogP contribution is -2.32. The number of hydrogen-bond acceptors (Lipinski definition) is 4. The van der Waals surface area contributed by atoms with Gasteiger partial charge in [-0.1, -0.05) is 13.8 Å². The minimum atomic E-state index is 0.456. The molecule has 2 aromatic rings. The van der Waals surface area contributed by atoms with Crippen molar-refractivity contribution < 1.29 is 0 Å². The minimum Gasteiger partial charge on any atom is -0.334 e. The fraction of sp³-hybridized carbons (Fsp3) is 0.500. The molecule has 0 atom stereocenters. The van der Waals surface area contributed by atoms with E-state index in [9.17, 15) is 0 Å². The third-order valence-corrected chi connectivity index (χ3v) is 3.64. The Hall–Kier alpha value is -1.91. The van der Waals surface area contributed by atoms with E-state index in [4.69, 9.17) is 4.98 Å². The van der Waals surface area contributed by atoms with Crippen molar-refractivity contribution in [3.63, 3.8) is 0 Å². The lowest BCUT2D eigenvalue weighted by molar-refractivity contribution is 0.653. The van der Waals surface area contributed by atoms with E-state index in [-0.39, 0.29) is 0 Å². The molecule has 5 heteroatoms. The minimum absolute atomic E-state index is 0.456. The maximum absolute atomic E-state index is 4.79. The third-order valence-electron chi connectivity index (χ3n) is 3.64. The second-order valence-corrected chi connectivity index (χ2v) is 5.30. The Balaban J connectivity index is 1.90. The Labute approximate surface area is 113 Å². The maximum atomic E-state index is 4.79. The van der Waals surface area contributed by atoms with Gasteiger partial charge >= 0.3 is 0 Å². The number of imidazole rings is 1. The number of fused-ring (bicyclic) bond motifs is 1. The van der Waals surface area contributed by atoms with Gasteiger partial charge in [-0.05, 0) is 6.07 Å². The fourth-order valence-electron chi connectivity index (χ4n) is 2.69. The molecule has 2 aromatic heterocycles. The molecule has 0 aliphatic carbocycles. The average molecular weight is 257 g/mol. The Bertz CT molecular complexity index is 573. The summed E-state index contributed by atoms with van der Waals surface area (Å²) in [6.45, 7) is 6.13. The van der Waals surface area contributed by atoms with Crippen molar-refractivity contribution in [1.82, 2.24) is 19.5 Å². The molecule has 0 aromatic carbocycles. The van der Waals surface area contributed by atoms with Crippen molar-refractivity contribution in [2.24, 2.45) is 7.05 Å². The molecule has 3 rings (SSSR count). The van der Waals surface area contributed by atoms with Crippen molar-refractivity contribution in [3.05, 3.63) is 35.7 Å². The van der Waals surface area contributed by atoms with Gasteiger partial charge in [0.05, 0.1) is 12.2 Å². The standard InChI is InChI=1S/C14H19N5/c1-10(2)13-17-11-9-19(8-5-12(11)18(13)3)14-15-6-4-7-16-14/h4,6-7,10H,5,8-9H2,1-3H3. The van der Waals surface area contributed by atoms with Crippen LogP contribution in [0.5, 0.6) is 0 Å². The quantitative estimate of drug-likeness (QED) is 0.824. The molecule has 0 spiro atoms. The molecule has 0 amide bonds. The predicted octanol–water partition coefficient (Wildman–Crippen LogP) is 1.90. The summed E-state index contributed by atoms with van der Waals surface area (Å²) >= 11 is 0. The number of anilines is 1. The van der Waals surface area contributed by atoms with Crippen LogP contribution in [-0.2, 0) is 20.0 Å². The van der Waals surface area contributed by atoms with Crippen LogP contribution in [0.25, 0.3) is 0 Å². The van der Waals surface area contributed by atoms with Crippen molar-refractivity contribution in [2.45, 2.75) is 32.7 Å². The van der Waals surface area contributed by atoms with Crippen molar-refractivity contribution in [2.75, 3.05) is 11.4 Å². The van der Waals surface area contributed by atoms with Gasteiger partial charge in [0.1, 0.15) is 5.82 Å². The van der Waals surface area contributed by atoms with Crippen molar-refractivity contribution >= 4 is 5.95 Å². The first-order chi connectivity index (χ1) is 9.16. The van der Waals surface area contributed by atoms with Crippen molar-refractivity contribution in [3.8, 4) is 0 Å². The van der Waals surface area contributed by atoms with Crippen LogP contribution in [0.1, 0.15) is 37.0 Å². The van der Waals surface area contributed by atoms with Crippen LogP contribution < -0.4 is 4.90 Å². The summed E-state index contributed by atoms with van der Waals surface area (Å²) in [5.41, 5.74) is 2.53. The normalized spacial score (nSPS) is 14.8. The van der Waals surface area contributed by atoms with Crippen LogP contribution in [0.3, 0.4) is 0 Å². The Morgan fingerprint density at radius 1 is 1.21 bits per heavy atom. The summed E-state index contributed by atoms with van der Waals surface area (Å²) in [5, 5.41) is 0. The van der Waals surface area contributed by atoms with Crippen LogP contribution in [0.4, 0.5) is 5.95 Å². The zero-order valence-corrected chi connectivity index (χ0v) is 11.7. The van der Waals surface area contributed by atoms with Crippen LogP contribution in [0.2, 0.25) is 0 Å². The molecule has 0 fully saturated rings. The van der Waals surface area contributed by atoms with Crippen LogP contribution in [0.15, 0.2) is 18.5 Å². The molecular formula is C14H19N5. The van der Waals surface area contributed by atoms with E-state index < -0.39 is 0 Å². The summed E-state index contributed by atoms with van der Waals surface area (Å²) in [7, 11) is 2.12. The topological polar surface area (TPSA) is 46.8 Å². The van der Waals surface area contributed by atoms with Gasteiger partial charge < -0.3 is 9.47 Å². The largest absolute Gasteiger partial charge is 0.334 e. The van der Waals surface area contributed by atoms with E-state index in [1.165, 1.54) is 17.2 Å². The lowest BCUT2D eigenvalue weighted by atomic mass is 10.1. The maximum Gasteiger partial charge on any atom is 0.225 e. The molecule has 3 heterocycles. The highest BCUT2D eigenvalue weighted by Crippen LogP contribution is 2.24. The fourth-order valence-corrected chi connectivity index (χ4v) is 2.69. The van der Waals surface area contributed by atoms with Crippen LogP contribution in [0, 0.1) is 0 Å². The lowest BCUT2D eigenvalue weighted by Gasteiger charge is -2.26. The van der Waals surface area contributed by atoms with Gasteiger partial charge in [-0.3, -0.25) is 0 Å². The average Bonchev–Trinajstić information content (AvgIpc) is 2.77. The number of aromatic nitrogens is 4. The zero-order chi connectivity index (χ0) is 13.4. The van der Waals surface area contributed by atoms with E-state index in [1.807, 2.05) is 6.07 Å². The number of nitrogens with zero attached hydrogens (tertiary/aromatic N) is 5. The van der Waals surface area contributed by atoms with Gasteiger partial charge in [0.15, 0.2) is 0 Å². The first kappa shape index (κ1) is 12.1. The SMILES string of the molecule is CC(C)c1nc2c(n1C)CCN(c1ncccn1)C2. The second-order valence-electron chi connectivity index (χ2n) is 5.30. The van der Waals surface area contributed by atoms with E-state index in [1.54, 1.807) is 12.4 Å². The molecule has 0 bridgehead atoms. The van der Waals surface area contributed by atoms with Gasteiger partial charge in [0.2, 0.25) is 5.95 Å². The molecule has 5 nitrogen and oxygen atoms in total. The van der Waals surface area contributed by atoms with Gasteiger partial charge in [0, 0.05) is 44.0 Å². The molecule has 0 saturated carbocycles. The molecule has 19 heavy (non-hydrogen) atoms. The summed E-state index contributed by atoms with van der Waals surface area (Å²) in [5.74, 6) is 2.42. The van der Waals surface area contributed by atoms with E-state index >= 15 is 0 Å². The van der Waals surface area contributed by atoms with Crippen LogP contribution in [-0.4, -0.2) is 26.1 Å². The van der Waals surface area contributed by atoms with Crippen molar-refractivity contribution in [1.29, 1.82) is 0 Å². The highest BCUT2D eigenvalue weighted by atomic mass is 15.3.